The minimum absolute atomic E-state index is 0.222. The third-order valence-electron chi connectivity index (χ3n) is 3.38. The van der Waals surface area contributed by atoms with Gasteiger partial charge < -0.3 is 9.52 Å². The Hall–Kier alpha value is -1.89. The number of furan rings is 1. The molecule has 1 aromatic rings. The number of nitro groups is 1. The fraction of sp³-hybridized carbons (Fsp3) is 0.583. The van der Waals surface area contributed by atoms with Crippen LogP contribution in [0.3, 0.4) is 0 Å². The van der Waals surface area contributed by atoms with E-state index in [1.165, 1.54) is 6.07 Å². The number of carboxylic acids is 1. The van der Waals surface area contributed by atoms with Crippen molar-refractivity contribution in [1.82, 2.24) is 4.90 Å². The summed E-state index contributed by atoms with van der Waals surface area (Å²) in [5.74, 6) is -0.182. The van der Waals surface area contributed by atoms with Crippen LogP contribution in [0.4, 0.5) is 5.88 Å². The average Bonchev–Trinajstić information content (AvgIpc) is 2.80. The number of hydrogen-bond donors (Lipinski definition) is 1. The molecule has 0 aromatic carbocycles. The Bertz CT molecular complexity index is 462. The van der Waals surface area contributed by atoms with Crippen LogP contribution >= 0.6 is 0 Å². The Morgan fingerprint density at radius 1 is 1.47 bits per heavy atom. The summed E-state index contributed by atoms with van der Waals surface area (Å²) < 4.78 is 5.10. The summed E-state index contributed by atoms with van der Waals surface area (Å²) in [6, 6.07) is 2.97. The second-order valence-corrected chi connectivity index (χ2v) is 4.81. The maximum absolute atomic E-state index is 10.6. The Balaban J connectivity index is 1.81. The van der Waals surface area contributed by atoms with Gasteiger partial charge in [-0.3, -0.25) is 19.8 Å². The number of carbonyl (C=O) groups is 1. The van der Waals surface area contributed by atoms with E-state index in [0.29, 0.717) is 12.3 Å². The van der Waals surface area contributed by atoms with Crippen molar-refractivity contribution in [1.29, 1.82) is 0 Å². The maximum Gasteiger partial charge on any atom is 0.433 e. The maximum atomic E-state index is 10.6. The standard InChI is InChI=1S/C12H16N2O5/c15-12(16)7-9-3-5-13(6-4-9)8-10-1-2-11(19-10)14(17)18/h1-2,9H,3-8H2,(H,15,16). The summed E-state index contributed by atoms with van der Waals surface area (Å²) in [5.41, 5.74) is 0. The highest BCUT2D eigenvalue weighted by Gasteiger charge is 2.22. The first-order chi connectivity index (χ1) is 9.04. The first-order valence-corrected chi connectivity index (χ1v) is 6.22. The van der Waals surface area contributed by atoms with Crippen LogP contribution in [-0.2, 0) is 11.3 Å². The number of hydrogen-bond acceptors (Lipinski definition) is 5. The molecule has 7 heteroatoms. The van der Waals surface area contributed by atoms with Crippen LogP contribution < -0.4 is 0 Å². The van der Waals surface area contributed by atoms with E-state index in [4.69, 9.17) is 9.52 Å². The quantitative estimate of drug-likeness (QED) is 0.646. The lowest BCUT2D eigenvalue weighted by Gasteiger charge is -2.30. The van der Waals surface area contributed by atoms with Gasteiger partial charge >= 0.3 is 11.9 Å². The molecular formula is C12H16N2O5. The van der Waals surface area contributed by atoms with Gasteiger partial charge in [0.05, 0.1) is 12.6 Å². The number of carboxylic acid groups (broad SMARTS) is 1. The van der Waals surface area contributed by atoms with Gasteiger partial charge in [-0.1, -0.05) is 0 Å². The van der Waals surface area contributed by atoms with E-state index < -0.39 is 10.9 Å². The fourth-order valence-corrected chi connectivity index (χ4v) is 2.37. The molecule has 2 heterocycles. The molecule has 104 valence electrons. The normalized spacial score (nSPS) is 17.5. The molecule has 1 aromatic heterocycles. The lowest BCUT2D eigenvalue weighted by Crippen LogP contribution is -2.33. The summed E-state index contributed by atoms with van der Waals surface area (Å²) in [7, 11) is 0. The molecular weight excluding hydrogens is 252 g/mol. The monoisotopic (exact) mass is 268 g/mol. The molecule has 0 bridgehead atoms. The summed E-state index contributed by atoms with van der Waals surface area (Å²) in [4.78, 5) is 22.7. The molecule has 0 saturated carbocycles. The SMILES string of the molecule is O=C(O)CC1CCN(Cc2ccc([N+](=O)[O-])o2)CC1. The number of rotatable bonds is 5. The zero-order valence-corrected chi connectivity index (χ0v) is 10.4. The van der Waals surface area contributed by atoms with Crippen LogP contribution in [0.1, 0.15) is 25.0 Å². The van der Waals surface area contributed by atoms with E-state index in [1.54, 1.807) is 6.07 Å². The molecule has 1 aliphatic rings. The zero-order chi connectivity index (χ0) is 13.8. The van der Waals surface area contributed by atoms with Gasteiger partial charge in [-0.05, 0) is 37.9 Å². The predicted octanol–water partition coefficient (Wildman–Crippen LogP) is 1.87. The van der Waals surface area contributed by atoms with Gasteiger partial charge in [0.25, 0.3) is 0 Å². The Labute approximate surface area is 110 Å². The highest BCUT2D eigenvalue weighted by atomic mass is 16.6. The summed E-state index contributed by atoms with van der Waals surface area (Å²) >= 11 is 0. The largest absolute Gasteiger partial charge is 0.481 e. The Kier molecular flexibility index (Phi) is 4.16. The van der Waals surface area contributed by atoms with Crippen molar-refractivity contribution in [2.45, 2.75) is 25.8 Å². The van der Waals surface area contributed by atoms with Crippen LogP contribution in [0.5, 0.6) is 0 Å². The third-order valence-corrected chi connectivity index (χ3v) is 3.38. The van der Waals surface area contributed by atoms with Gasteiger partial charge in [-0.25, -0.2) is 0 Å². The highest BCUT2D eigenvalue weighted by Crippen LogP contribution is 2.23. The molecule has 0 radical (unpaired) electrons. The highest BCUT2D eigenvalue weighted by molar-refractivity contribution is 5.67. The van der Waals surface area contributed by atoms with Gasteiger partial charge in [0.15, 0.2) is 0 Å². The van der Waals surface area contributed by atoms with E-state index in [0.717, 1.165) is 25.9 Å². The van der Waals surface area contributed by atoms with Crippen molar-refractivity contribution >= 4 is 11.9 Å². The molecule has 1 fully saturated rings. The van der Waals surface area contributed by atoms with E-state index in [2.05, 4.69) is 4.90 Å². The minimum atomic E-state index is -0.750. The lowest BCUT2D eigenvalue weighted by molar-refractivity contribution is -0.402. The smallest absolute Gasteiger partial charge is 0.433 e. The van der Waals surface area contributed by atoms with Crippen LogP contribution in [0.25, 0.3) is 0 Å². The van der Waals surface area contributed by atoms with Gasteiger partial charge in [0.2, 0.25) is 0 Å². The van der Waals surface area contributed by atoms with Crippen LogP contribution in [-0.4, -0.2) is 34.0 Å². The fourth-order valence-electron chi connectivity index (χ4n) is 2.37. The number of nitrogens with zero attached hydrogens (tertiary/aromatic N) is 2. The van der Waals surface area contributed by atoms with Crippen LogP contribution in [0, 0.1) is 16.0 Å². The first kappa shape index (κ1) is 13.5. The molecule has 1 N–H and O–H groups in total. The van der Waals surface area contributed by atoms with Gasteiger partial charge in [0, 0.05) is 6.42 Å². The van der Waals surface area contributed by atoms with Crippen molar-refractivity contribution in [2.24, 2.45) is 5.92 Å². The summed E-state index contributed by atoms with van der Waals surface area (Å²) in [6.45, 7) is 2.13. The molecule has 1 aliphatic heterocycles. The molecule has 1 saturated heterocycles. The van der Waals surface area contributed by atoms with Crippen molar-refractivity contribution in [2.75, 3.05) is 13.1 Å². The van der Waals surface area contributed by atoms with Crippen molar-refractivity contribution < 1.29 is 19.2 Å². The van der Waals surface area contributed by atoms with Crippen molar-refractivity contribution in [3.05, 3.63) is 28.0 Å². The second kappa shape index (κ2) is 5.83. The zero-order valence-electron chi connectivity index (χ0n) is 10.4. The molecule has 2 rings (SSSR count). The van der Waals surface area contributed by atoms with E-state index in [-0.39, 0.29) is 18.2 Å². The van der Waals surface area contributed by atoms with Gasteiger partial charge in [-0.2, -0.15) is 0 Å². The van der Waals surface area contributed by atoms with Crippen molar-refractivity contribution in [3.8, 4) is 0 Å². The van der Waals surface area contributed by atoms with E-state index in [1.807, 2.05) is 0 Å². The Morgan fingerprint density at radius 2 is 2.16 bits per heavy atom. The minimum Gasteiger partial charge on any atom is -0.481 e. The molecule has 0 atom stereocenters. The molecule has 0 spiro atoms. The van der Waals surface area contributed by atoms with Crippen molar-refractivity contribution in [3.63, 3.8) is 0 Å². The lowest BCUT2D eigenvalue weighted by atomic mass is 9.93. The van der Waals surface area contributed by atoms with Gasteiger partial charge in [-0.15, -0.1) is 0 Å². The summed E-state index contributed by atoms with van der Waals surface area (Å²) in [6.07, 6.45) is 1.91. The average molecular weight is 268 g/mol. The van der Waals surface area contributed by atoms with Gasteiger partial charge in [0.1, 0.15) is 10.7 Å². The number of aliphatic carboxylic acids is 1. The summed E-state index contributed by atoms with van der Waals surface area (Å²) in [5, 5.41) is 19.2. The molecule has 0 unspecified atom stereocenters. The van der Waals surface area contributed by atoms with Crippen LogP contribution in [0.15, 0.2) is 16.5 Å². The Morgan fingerprint density at radius 3 is 2.68 bits per heavy atom. The van der Waals surface area contributed by atoms with Crippen LogP contribution in [0.2, 0.25) is 0 Å². The molecule has 0 amide bonds. The number of likely N-dealkylation sites (tertiary alicyclic amines) is 1. The number of piperidine rings is 1. The molecule has 19 heavy (non-hydrogen) atoms. The third kappa shape index (κ3) is 3.78. The van der Waals surface area contributed by atoms with E-state index >= 15 is 0 Å². The van der Waals surface area contributed by atoms with E-state index in [9.17, 15) is 14.9 Å². The first-order valence-electron chi connectivity index (χ1n) is 6.22. The molecule has 0 aliphatic carbocycles. The molecule has 7 nitrogen and oxygen atoms in total. The second-order valence-electron chi connectivity index (χ2n) is 4.81. The topological polar surface area (TPSA) is 96.8 Å². The predicted molar refractivity (Wildman–Crippen MR) is 65.6 cm³/mol.